The van der Waals surface area contributed by atoms with Crippen molar-refractivity contribution in [2.45, 2.75) is 52.6 Å². The molecule has 2 aromatic rings. The number of benzene rings is 1. The summed E-state index contributed by atoms with van der Waals surface area (Å²) in [5.41, 5.74) is -0.463. The standard InChI is InChI=1S/C18H23NO3/c1-5-12(3)19(13(4)6-2)17(20)16-11-14-9-7-8-10-15(14)18(21)22-16/h7-13H,5-6H2,1-4H3/t12-,13-/m0/s1. The Morgan fingerprint density at radius 2 is 1.73 bits per heavy atom. The molecule has 4 nitrogen and oxygen atoms in total. The molecule has 1 heterocycles. The van der Waals surface area contributed by atoms with Crippen molar-refractivity contribution in [2.75, 3.05) is 0 Å². The molecule has 2 atom stereocenters. The van der Waals surface area contributed by atoms with Crippen LogP contribution in [-0.4, -0.2) is 22.9 Å². The van der Waals surface area contributed by atoms with E-state index in [1.54, 1.807) is 18.2 Å². The number of rotatable bonds is 5. The van der Waals surface area contributed by atoms with E-state index in [-0.39, 0.29) is 23.8 Å². The van der Waals surface area contributed by atoms with Gasteiger partial charge in [0.1, 0.15) is 0 Å². The Labute approximate surface area is 130 Å². The summed E-state index contributed by atoms with van der Waals surface area (Å²) in [6.45, 7) is 8.13. The SMILES string of the molecule is CC[C@H](C)N(C(=O)c1cc2ccccc2c(=O)o1)[C@@H](C)CC. The Bertz CT molecular complexity index is 710. The van der Waals surface area contributed by atoms with E-state index in [1.165, 1.54) is 0 Å². The number of hydrogen-bond acceptors (Lipinski definition) is 3. The molecular formula is C18H23NO3. The first kappa shape index (κ1) is 16.3. The minimum absolute atomic E-state index is 0.0965. The van der Waals surface area contributed by atoms with Gasteiger partial charge in [-0.05, 0) is 44.2 Å². The molecule has 0 radical (unpaired) electrons. The van der Waals surface area contributed by atoms with Crippen molar-refractivity contribution in [3.63, 3.8) is 0 Å². The second-order valence-corrected chi connectivity index (χ2v) is 5.71. The third-order valence-electron chi connectivity index (χ3n) is 4.25. The number of amides is 1. The van der Waals surface area contributed by atoms with E-state index in [9.17, 15) is 9.59 Å². The number of carbonyl (C=O) groups is 1. The van der Waals surface area contributed by atoms with Crippen LogP contribution in [0.4, 0.5) is 0 Å². The normalized spacial score (nSPS) is 13.8. The van der Waals surface area contributed by atoms with Gasteiger partial charge in [0, 0.05) is 12.1 Å². The van der Waals surface area contributed by atoms with E-state index in [2.05, 4.69) is 0 Å². The topological polar surface area (TPSA) is 50.5 Å². The van der Waals surface area contributed by atoms with Crippen molar-refractivity contribution in [1.29, 1.82) is 0 Å². The van der Waals surface area contributed by atoms with Crippen LogP contribution in [0.25, 0.3) is 10.8 Å². The minimum atomic E-state index is -0.463. The first-order chi connectivity index (χ1) is 10.5. The number of hydrogen-bond donors (Lipinski definition) is 0. The molecule has 0 spiro atoms. The van der Waals surface area contributed by atoms with Crippen LogP contribution in [0.3, 0.4) is 0 Å². The lowest BCUT2D eigenvalue weighted by molar-refractivity contribution is 0.0561. The first-order valence-electron chi connectivity index (χ1n) is 7.85. The van der Waals surface area contributed by atoms with Crippen LogP contribution >= 0.6 is 0 Å². The highest BCUT2D eigenvalue weighted by Gasteiger charge is 2.26. The molecule has 0 N–H and O–H groups in total. The maximum atomic E-state index is 12.8. The molecule has 0 saturated carbocycles. The zero-order valence-corrected chi connectivity index (χ0v) is 13.6. The lowest BCUT2D eigenvalue weighted by Gasteiger charge is -2.33. The highest BCUT2D eigenvalue weighted by atomic mass is 16.4. The van der Waals surface area contributed by atoms with Gasteiger partial charge in [-0.15, -0.1) is 0 Å². The number of nitrogens with zero attached hydrogens (tertiary/aromatic N) is 1. The largest absolute Gasteiger partial charge is 0.417 e. The zero-order valence-electron chi connectivity index (χ0n) is 13.6. The lowest BCUT2D eigenvalue weighted by atomic mass is 10.1. The van der Waals surface area contributed by atoms with E-state index >= 15 is 0 Å². The molecule has 1 aromatic carbocycles. The Balaban J connectivity index is 2.49. The van der Waals surface area contributed by atoms with Gasteiger partial charge < -0.3 is 9.32 Å². The summed E-state index contributed by atoms with van der Waals surface area (Å²) in [7, 11) is 0. The fourth-order valence-corrected chi connectivity index (χ4v) is 2.60. The molecule has 0 aliphatic rings. The summed E-state index contributed by atoms with van der Waals surface area (Å²) in [5, 5.41) is 1.23. The van der Waals surface area contributed by atoms with Gasteiger partial charge in [-0.1, -0.05) is 32.0 Å². The van der Waals surface area contributed by atoms with Crippen LogP contribution < -0.4 is 5.63 Å². The molecule has 0 fully saturated rings. The van der Waals surface area contributed by atoms with E-state index in [4.69, 9.17) is 4.42 Å². The second-order valence-electron chi connectivity index (χ2n) is 5.71. The van der Waals surface area contributed by atoms with Crippen molar-refractivity contribution in [2.24, 2.45) is 0 Å². The van der Waals surface area contributed by atoms with E-state index in [0.717, 1.165) is 18.2 Å². The molecule has 118 valence electrons. The average molecular weight is 301 g/mol. The fourth-order valence-electron chi connectivity index (χ4n) is 2.60. The van der Waals surface area contributed by atoms with Gasteiger partial charge in [0.05, 0.1) is 5.39 Å². The summed E-state index contributed by atoms with van der Waals surface area (Å²) in [6, 6.07) is 9.01. The minimum Gasteiger partial charge on any atom is -0.417 e. The Morgan fingerprint density at radius 1 is 1.14 bits per heavy atom. The molecule has 0 saturated heterocycles. The Morgan fingerprint density at radius 3 is 2.32 bits per heavy atom. The molecule has 0 unspecified atom stereocenters. The van der Waals surface area contributed by atoms with Gasteiger partial charge in [-0.25, -0.2) is 4.79 Å². The fraction of sp³-hybridized carbons (Fsp3) is 0.444. The molecule has 0 aliphatic carbocycles. The van der Waals surface area contributed by atoms with Crippen LogP contribution in [0.1, 0.15) is 51.1 Å². The lowest BCUT2D eigenvalue weighted by Crippen LogP contribution is -2.44. The van der Waals surface area contributed by atoms with E-state index in [0.29, 0.717) is 5.39 Å². The number of carbonyl (C=O) groups excluding carboxylic acids is 1. The highest BCUT2D eigenvalue weighted by Crippen LogP contribution is 2.18. The molecular weight excluding hydrogens is 278 g/mol. The van der Waals surface area contributed by atoms with Gasteiger partial charge in [0.15, 0.2) is 5.76 Å². The monoisotopic (exact) mass is 301 g/mol. The van der Waals surface area contributed by atoms with Crippen molar-refractivity contribution < 1.29 is 9.21 Å². The molecule has 0 aliphatic heterocycles. The Hall–Kier alpha value is -2.10. The summed E-state index contributed by atoms with van der Waals surface area (Å²) >= 11 is 0. The smallest absolute Gasteiger partial charge is 0.344 e. The van der Waals surface area contributed by atoms with Gasteiger partial charge in [0.2, 0.25) is 0 Å². The molecule has 0 bridgehead atoms. The highest BCUT2D eigenvalue weighted by molar-refractivity contribution is 5.95. The molecule has 1 amide bonds. The van der Waals surface area contributed by atoms with Crippen molar-refractivity contribution in [3.05, 3.63) is 46.5 Å². The third-order valence-corrected chi connectivity index (χ3v) is 4.25. The summed E-state index contributed by atoms with van der Waals surface area (Å²) in [5.74, 6) is -0.101. The van der Waals surface area contributed by atoms with Crippen molar-refractivity contribution in [3.8, 4) is 0 Å². The summed E-state index contributed by atoms with van der Waals surface area (Å²) in [6.07, 6.45) is 1.71. The van der Waals surface area contributed by atoms with Gasteiger partial charge >= 0.3 is 5.63 Å². The predicted molar refractivity (Wildman–Crippen MR) is 88.2 cm³/mol. The van der Waals surface area contributed by atoms with Crippen molar-refractivity contribution in [1.82, 2.24) is 4.90 Å². The van der Waals surface area contributed by atoms with Crippen LogP contribution in [0.2, 0.25) is 0 Å². The van der Waals surface area contributed by atoms with Crippen LogP contribution in [0.5, 0.6) is 0 Å². The van der Waals surface area contributed by atoms with Crippen LogP contribution in [-0.2, 0) is 0 Å². The Kier molecular flexibility index (Phi) is 5.01. The molecule has 1 aromatic heterocycles. The summed E-state index contributed by atoms with van der Waals surface area (Å²) < 4.78 is 5.28. The molecule has 2 rings (SSSR count). The summed E-state index contributed by atoms with van der Waals surface area (Å²) in [4.78, 5) is 26.7. The van der Waals surface area contributed by atoms with E-state index in [1.807, 2.05) is 44.7 Å². The molecule has 4 heteroatoms. The average Bonchev–Trinajstić information content (AvgIpc) is 2.54. The van der Waals surface area contributed by atoms with E-state index < -0.39 is 5.63 Å². The quantitative estimate of drug-likeness (QED) is 0.843. The van der Waals surface area contributed by atoms with Crippen LogP contribution in [0, 0.1) is 0 Å². The van der Waals surface area contributed by atoms with Crippen molar-refractivity contribution >= 4 is 16.7 Å². The third kappa shape index (κ3) is 3.06. The first-order valence-corrected chi connectivity index (χ1v) is 7.85. The maximum absolute atomic E-state index is 12.8. The van der Waals surface area contributed by atoms with Crippen LogP contribution in [0.15, 0.2) is 39.5 Å². The number of fused-ring (bicyclic) bond motifs is 1. The molecule has 22 heavy (non-hydrogen) atoms. The maximum Gasteiger partial charge on any atom is 0.344 e. The predicted octanol–water partition coefficient (Wildman–Crippen LogP) is 3.83. The van der Waals surface area contributed by atoms with Gasteiger partial charge in [0.25, 0.3) is 5.91 Å². The second kappa shape index (κ2) is 6.77. The zero-order chi connectivity index (χ0) is 16.3. The van der Waals surface area contributed by atoms with Gasteiger partial charge in [-0.2, -0.15) is 0 Å². The van der Waals surface area contributed by atoms with Gasteiger partial charge in [-0.3, -0.25) is 4.79 Å².